The molecule has 1 N–H and O–H groups in total. The maximum Gasteiger partial charge on any atom is 0.180 e. The third-order valence-electron chi connectivity index (χ3n) is 4.48. The molecule has 0 amide bonds. The summed E-state index contributed by atoms with van der Waals surface area (Å²) in [7, 11) is 0. The predicted octanol–water partition coefficient (Wildman–Crippen LogP) is 4.45. The van der Waals surface area contributed by atoms with Crippen LogP contribution in [0.15, 0.2) is 85.0 Å². The van der Waals surface area contributed by atoms with Crippen molar-refractivity contribution in [1.29, 1.82) is 0 Å². The van der Waals surface area contributed by atoms with E-state index in [1.807, 2.05) is 77.5 Å². The van der Waals surface area contributed by atoms with Gasteiger partial charge in [-0.2, -0.15) is 4.89 Å². The summed E-state index contributed by atoms with van der Waals surface area (Å²) in [6.45, 7) is 0.934. The number of hydrogen-bond donors (Lipinski definition) is 1. The van der Waals surface area contributed by atoms with Gasteiger partial charge in [0.25, 0.3) is 0 Å². The van der Waals surface area contributed by atoms with Gasteiger partial charge in [0.2, 0.25) is 0 Å². The number of nitrogens with zero attached hydrogens (tertiary/aromatic N) is 3. The van der Waals surface area contributed by atoms with Crippen molar-refractivity contribution >= 4 is 11.5 Å². The molecule has 1 aliphatic heterocycles. The lowest BCUT2D eigenvalue weighted by molar-refractivity contribution is -0.233. The summed E-state index contributed by atoms with van der Waals surface area (Å²) >= 11 is 0. The average molecular weight is 386 g/mol. The standard InChI is InChI=1S/C22H18N4O3/c1-2-4-17(5-3-1)28-18-8-6-16(7-9-18)20-15-26-12-11-23-22(26)21(25-20)24-14-19-10-13-27-29-19/h1-12,15H,13-14H2,(H,24,25). The van der Waals surface area contributed by atoms with Crippen LogP contribution in [0, 0.1) is 0 Å². The molecule has 0 unspecified atom stereocenters. The van der Waals surface area contributed by atoms with Crippen LogP contribution in [0.25, 0.3) is 16.9 Å². The Morgan fingerprint density at radius 1 is 1.03 bits per heavy atom. The van der Waals surface area contributed by atoms with Gasteiger partial charge < -0.3 is 19.3 Å². The summed E-state index contributed by atoms with van der Waals surface area (Å²) in [5.41, 5.74) is 2.54. The summed E-state index contributed by atoms with van der Waals surface area (Å²) < 4.78 is 7.81. The van der Waals surface area contributed by atoms with Gasteiger partial charge in [-0.15, -0.1) is 0 Å². The maximum absolute atomic E-state index is 5.87. The van der Waals surface area contributed by atoms with E-state index in [4.69, 9.17) is 19.5 Å². The molecule has 2 aromatic heterocycles. The molecule has 7 heteroatoms. The number of benzene rings is 2. The van der Waals surface area contributed by atoms with Gasteiger partial charge in [0, 0.05) is 24.2 Å². The van der Waals surface area contributed by atoms with Crippen LogP contribution >= 0.6 is 0 Å². The van der Waals surface area contributed by atoms with E-state index >= 15 is 0 Å². The highest BCUT2D eigenvalue weighted by molar-refractivity contribution is 5.69. The quantitative estimate of drug-likeness (QED) is 0.494. The molecular formula is C22H18N4O3. The summed E-state index contributed by atoms with van der Waals surface area (Å²) in [4.78, 5) is 19.1. The van der Waals surface area contributed by atoms with Crippen molar-refractivity contribution in [2.75, 3.05) is 18.5 Å². The number of aromatic nitrogens is 3. The van der Waals surface area contributed by atoms with E-state index in [1.54, 1.807) is 6.20 Å². The van der Waals surface area contributed by atoms with Crippen molar-refractivity contribution in [2.45, 2.75) is 0 Å². The number of nitrogens with one attached hydrogen (secondary N) is 1. The number of imidazole rings is 1. The van der Waals surface area contributed by atoms with E-state index in [0.717, 1.165) is 34.2 Å². The molecule has 0 bridgehead atoms. The van der Waals surface area contributed by atoms with Crippen LogP contribution in [0.4, 0.5) is 5.82 Å². The molecule has 0 saturated heterocycles. The zero-order valence-corrected chi connectivity index (χ0v) is 15.5. The highest BCUT2D eigenvalue weighted by atomic mass is 17.2. The van der Waals surface area contributed by atoms with Crippen LogP contribution in [0.1, 0.15) is 0 Å². The molecule has 0 atom stereocenters. The van der Waals surface area contributed by atoms with Gasteiger partial charge in [0.15, 0.2) is 17.2 Å². The van der Waals surface area contributed by atoms with E-state index in [1.165, 1.54) is 0 Å². The third-order valence-corrected chi connectivity index (χ3v) is 4.48. The van der Waals surface area contributed by atoms with Crippen molar-refractivity contribution in [3.05, 3.63) is 85.0 Å². The number of rotatable bonds is 6. The first-order valence-corrected chi connectivity index (χ1v) is 9.24. The van der Waals surface area contributed by atoms with Crippen molar-refractivity contribution < 1.29 is 14.5 Å². The van der Waals surface area contributed by atoms with E-state index in [2.05, 4.69) is 10.3 Å². The third kappa shape index (κ3) is 3.76. The fraction of sp³-hybridized carbons (Fsp3) is 0.0909. The summed E-state index contributed by atoms with van der Waals surface area (Å²) in [5.74, 6) is 2.97. The first-order chi connectivity index (χ1) is 14.3. The topological polar surface area (TPSA) is 69.9 Å². The van der Waals surface area contributed by atoms with Crippen molar-refractivity contribution in [2.24, 2.45) is 0 Å². The van der Waals surface area contributed by atoms with E-state index in [9.17, 15) is 0 Å². The van der Waals surface area contributed by atoms with Crippen molar-refractivity contribution in [3.8, 4) is 22.8 Å². The molecule has 0 aliphatic carbocycles. The lowest BCUT2D eigenvalue weighted by Crippen LogP contribution is -2.08. The molecule has 1 aliphatic rings. The van der Waals surface area contributed by atoms with Crippen LogP contribution in [-0.2, 0) is 9.78 Å². The Bertz CT molecular complexity index is 1150. The molecule has 0 radical (unpaired) electrons. The van der Waals surface area contributed by atoms with Crippen LogP contribution < -0.4 is 10.1 Å². The summed E-state index contributed by atoms with van der Waals surface area (Å²) in [6.07, 6.45) is 7.48. The van der Waals surface area contributed by atoms with Gasteiger partial charge in [-0.05, 0) is 42.5 Å². The molecule has 0 fully saturated rings. The van der Waals surface area contributed by atoms with E-state index < -0.39 is 0 Å². The highest BCUT2D eigenvalue weighted by Gasteiger charge is 2.12. The number of para-hydroxylation sites is 1. The molecular weight excluding hydrogens is 368 g/mol. The Morgan fingerprint density at radius 2 is 1.86 bits per heavy atom. The minimum absolute atomic E-state index is 0.459. The molecule has 5 rings (SSSR count). The maximum atomic E-state index is 5.87. The zero-order chi connectivity index (χ0) is 19.5. The van der Waals surface area contributed by atoms with Gasteiger partial charge in [-0.3, -0.25) is 0 Å². The van der Waals surface area contributed by atoms with E-state index in [-0.39, 0.29) is 0 Å². The fourth-order valence-corrected chi connectivity index (χ4v) is 3.05. The van der Waals surface area contributed by atoms with Crippen molar-refractivity contribution in [3.63, 3.8) is 0 Å². The summed E-state index contributed by atoms with van der Waals surface area (Å²) in [5, 5.41) is 3.28. The second-order valence-electron chi connectivity index (χ2n) is 6.46. The Kier molecular flexibility index (Phi) is 4.56. The van der Waals surface area contributed by atoms with Crippen LogP contribution in [-0.4, -0.2) is 27.5 Å². The molecule has 4 aromatic rings. The van der Waals surface area contributed by atoms with Gasteiger partial charge in [0.1, 0.15) is 18.1 Å². The lowest BCUT2D eigenvalue weighted by atomic mass is 10.1. The highest BCUT2D eigenvalue weighted by Crippen LogP contribution is 2.26. The summed E-state index contributed by atoms with van der Waals surface area (Å²) in [6, 6.07) is 17.6. The Morgan fingerprint density at radius 3 is 2.66 bits per heavy atom. The molecule has 2 aromatic carbocycles. The van der Waals surface area contributed by atoms with Crippen molar-refractivity contribution in [1.82, 2.24) is 14.4 Å². The molecule has 144 valence electrons. The second-order valence-corrected chi connectivity index (χ2v) is 6.46. The Balaban J connectivity index is 1.40. The second kappa shape index (κ2) is 7.65. The number of ether oxygens (including phenoxy) is 1. The first kappa shape index (κ1) is 17.3. The molecule has 0 spiro atoms. The van der Waals surface area contributed by atoms with Gasteiger partial charge in [0.05, 0.1) is 12.2 Å². The van der Waals surface area contributed by atoms with Gasteiger partial charge >= 0.3 is 0 Å². The largest absolute Gasteiger partial charge is 0.457 e. The van der Waals surface area contributed by atoms with Crippen LogP contribution in [0.5, 0.6) is 11.5 Å². The zero-order valence-electron chi connectivity index (χ0n) is 15.5. The lowest BCUT2D eigenvalue weighted by Gasteiger charge is -2.10. The number of hydrogen-bond acceptors (Lipinski definition) is 6. The minimum atomic E-state index is 0.459. The molecule has 7 nitrogen and oxygen atoms in total. The molecule has 29 heavy (non-hydrogen) atoms. The van der Waals surface area contributed by atoms with Gasteiger partial charge in [-0.1, -0.05) is 18.2 Å². The smallest absolute Gasteiger partial charge is 0.180 e. The Labute approximate surface area is 167 Å². The molecule has 0 saturated carbocycles. The van der Waals surface area contributed by atoms with Crippen LogP contribution in [0.2, 0.25) is 0 Å². The number of anilines is 1. The number of fused-ring (bicyclic) bond motifs is 1. The SMILES string of the molecule is C1=C(CNc2nc(-c3ccc(Oc4ccccc4)cc3)cn3ccnc23)OOC1. The molecule has 3 heterocycles. The monoisotopic (exact) mass is 386 g/mol. The van der Waals surface area contributed by atoms with Gasteiger partial charge in [-0.25, -0.2) is 9.97 Å². The van der Waals surface area contributed by atoms with E-state index in [0.29, 0.717) is 19.0 Å². The predicted molar refractivity (Wildman–Crippen MR) is 109 cm³/mol. The Hall–Kier alpha value is -3.84. The minimum Gasteiger partial charge on any atom is -0.457 e. The average Bonchev–Trinajstić information content (AvgIpc) is 3.45. The fourth-order valence-electron chi connectivity index (χ4n) is 3.05. The first-order valence-electron chi connectivity index (χ1n) is 9.24. The van der Waals surface area contributed by atoms with Crippen LogP contribution in [0.3, 0.4) is 0 Å². The normalized spacial score (nSPS) is 13.2.